The largest absolute Gasteiger partial charge is 0.573 e. The quantitative estimate of drug-likeness (QED) is 0.544. The summed E-state index contributed by atoms with van der Waals surface area (Å²) in [7, 11) is 0. The Morgan fingerprint density at radius 2 is 1.91 bits per heavy atom. The summed E-state index contributed by atoms with van der Waals surface area (Å²) in [6.07, 6.45) is 1.28. The predicted octanol–water partition coefficient (Wildman–Crippen LogP) is 4.08. The Labute approximate surface area is 202 Å². The topological polar surface area (TPSA) is 100 Å². The van der Waals surface area contributed by atoms with E-state index in [0.717, 1.165) is 12.4 Å². The van der Waals surface area contributed by atoms with E-state index < -0.39 is 23.3 Å². The van der Waals surface area contributed by atoms with Crippen LogP contribution in [0.3, 0.4) is 0 Å². The Morgan fingerprint density at radius 3 is 2.54 bits per heavy atom. The van der Waals surface area contributed by atoms with E-state index in [1.807, 2.05) is 0 Å². The molecule has 2 aromatic heterocycles. The number of anilines is 1. The molecule has 35 heavy (non-hydrogen) atoms. The Kier molecular flexibility index (Phi) is 7.64. The van der Waals surface area contributed by atoms with E-state index >= 15 is 0 Å². The first-order valence-corrected chi connectivity index (χ1v) is 11.5. The molecule has 0 spiro atoms. The number of hydrogen-bond acceptors (Lipinski definition) is 8. The minimum Gasteiger partial charge on any atom is -0.460 e. The van der Waals surface area contributed by atoms with Crippen LogP contribution in [0.5, 0.6) is 11.8 Å². The number of aromatic nitrogens is 4. The van der Waals surface area contributed by atoms with Crippen molar-refractivity contribution in [2.75, 3.05) is 25.1 Å². The summed E-state index contributed by atoms with van der Waals surface area (Å²) >= 11 is 6.26. The lowest BCUT2D eigenvalue weighted by atomic mass is 9.93. The van der Waals surface area contributed by atoms with Crippen molar-refractivity contribution < 1.29 is 31.8 Å². The van der Waals surface area contributed by atoms with Gasteiger partial charge in [-0.1, -0.05) is 11.6 Å². The van der Waals surface area contributed by atoms with E-state index in [1.165, 1.54) is 10.9 Å². The number of nitrogens with zero attached hydrogens (tertiary/aromatic N) is 4. The molecule has 2 fully saturated rings. The zero-order chi connectivity index (χ0) is 25.1. The van der Waals surface area contributed by atoms with Gasteiger partial charge in [-0.05, 0) is 38.5 Å². The Hall–Kier alpha value is -2.67. The lowest BCUT2D eigenvalue weighted by Crippen LogP contribution is -2.41. The minimum atomic E-state index is -4.83. The third-order valence-corrected chi connectivity index (χ3v) is 6.28. The van der Waals surface area contributed by atoms with Crippen LogP contribution in [0, 0.1) is 0 Å². The first kappa shape index (κ1) is 25.4. The average Bonchev–Trinajstić information content (AvgIpc) is 2.82. The zero-order valence-corrected chi connectivity index (χ0v) is 19.3. The molecule has 0 amide bonds. The lowest BCUT2D eigenvalue weighted by Gasteiger charge is -2.30. The van der Waals surface area contributed by atoms with Gasteiger partial charge in [-0.2, -0.15) is 15.1 Å². The molecule has 2 aromatic rings. The Bertz CT molecular complexity index is 1060. The van der Waals surface area contributed by atoms with E-state index in [4.69, 9.17) is 21.1 Å². The van der Waals surface area contributed by atoms with Crippen LogP contribution in [0.4, 0.5) is 23.2 Å². The van der Waals surface area contributed by atoms with Crippen molar-refractivity contribution in [3.63, 3.8) is 0 Å². The van der Waals surface area contributed by atoms with Crippen LogP contribution >= 0.6 is 11.6 Å². The summed E-state index contributed by atoms with van der Waals surface area (Å²) in [5.74, 6) is -0.539. The molecule has 1 aliphatic carbocycles. The average molecular weight is 522 g/mol. The number of nitrogens with one attached hydrogen (secondary N) is 1. The highest BCUT2D eigenvalue weighted by Gasteiger charge is 2.33. The molecule has 0 radical (unpaired) electrons. The van der Waals surface area contributed by atoms with Gasteiger partial charge in [0, 0.05) is 6.61 Å². The second kappa shape index (κ2) is 10.5. The Morgan fingerprint density at radius 1 is 1.20 bits per heavy atom. The molecular weight excluding hydrogens is 498 g/mol. The summed E-state index contributed by atoms with van der Waals surface area (Å²) in [6.45, 7) is 0.489. The van der Waals surface area contributed by atoms with Gasteiger partial charge in [0.05, 0.1) is 43.5 Å². The lowest BCUT2D eigenvalue weighted by molar-refractivity contribution is -0.274. The molecule has 0 aromatic carbocycles. The molecule has 4 rings (SSSR count). The van der Waals surface area contributed by atoms with E-state index in [1.54, 1.807) is 0 Å². The number of alkyl halides is 4. The second-order valence-electron chi connectivity index (χ2n) is 8.58. The summed E-state index contributed by atoms with van der Waals surface area (Å²) in [6, 6.07) is -0.276. The van der Waals surface area contributed by atoms with Gasteiger partial charge in [-0.25, -0.2) is 9.07 Å². The van der Waals surface area contributed by atoms with Crippen LogP contribution in [0.15, 0.2) is 23.4 Å². The highest BCUT2D eigenvalue weighted by Crippen LogP contribution is 2.31. The van der Waals surface area contributed by atoms with Crippen molar-refractivity contribution in [3.8, 4) is 11.8 Å². The van der Waals surface area contributed by atoms with Crippen LogP contribution in [0.25, 0.3) is 0 Å². The molecule has 1 N–H and O–H groups in total. The monoisotopic (exact) mass is 521 g/mol. The smallest absolute Gasteiger partial charge is 0.460 e. The van der Waals surface area contributed by atoms with Crippen LogP contribution in [-0.2, 0) is 4.74 Å². The van der Waals surface area contributed by atoms with Crippen LogP contribution in [-0.4, -0.2) is 57.6 Å². The summed E-state index contributed by atoms with van der Waals surface area (Å²) in [5, 5.41) is 7.04. The number of rotatable bonds is 7. The van der Waals surface area contributed by atoms with E-state index in [0.29, 0.717) is 45.1 Å². The molecule has 9 nitrogen and oxygen atoms in total. The molecule has 0 bridgehead atoms. The van der Waals surface area contributed by atoms with Gasteiger partial charge in [-0.3, -0.25) is 4.79 Å². The molecule has 192 valence electrons. The van der Waals surface area contributed by atoms with Gasteiger partial charge >= 0.3 is 12.4 Å². The maximum atomic E-state index is 14.7. The van der Waals surface area contributed by atoms with E-state index in [9.17, 15) is 22.4 Å². The van der Waals surface area contributed by atoms with Crippen LogP contribution < -0.4 is 20.3 Å². The maximum Gasteiger partial charge on any atom is 0.573 e. The van der Waals surface area contributed by atoms with Crippen LogP contribution in [0.1, 0.15) is 44.6 Å². The highest BCUT2D eigenvalue weighted by molar-refractivity contribution is 6.32. The number of halogens is 5. The predicted molar refractivity (Wildman–Crippen MR) is 117 cm³/mol. The molecule has 1 aliphatic heterocycles. The molecule has 0 unspecified atom stereocenters. The summed E-state index contributed by atoms with van der Waals surface area (Å²) in [5.41, 5.74) is -1.73. The third-order valence-electron chi connectivity index (χ3n) is 5.91. The first-order valence-electron chi connectivity index (χ1n) is 11.1. The molecule has 1 saturated heterocycles. The summed E-state index contributed by atoms with van der Waals surface area (Å²) < 4.78 is 67.3. The SMILES string of the molecule is O=c1c(Cl)c(NC[C@@]2(F)CCCOC2)cnn1C1CCC(Oc2ncc(OC(F)(F)F)cn2)CC1. The van der Waals surface area contributed by atoms with E-state index in [2.05, 4.69) is 25.1 Å². The number of hydrogen-bond donors (Lipinski definition) is 1. The maximum absolute atomic E-state index is 14.7. The fourth-order valence-corrected chi connectivity index (χ4v) is 4.35. The fourth-order valence-electron chi connectivity index (χ4n) is 4.15. The molecular formula is C21H24ClF4N5O4. The summed E-state index contributed by atoms with van der Waals surface area (Å²) in [4.78, 5) is 20.3. The fraction of sp³-hybridized carbons (Fsp3) is 0.619. The minimum absolute atomic E-state index is 0.00998. The Balaban J connectivity index is 1.31. The number of ether oxygens (including phenoxy) is 3. The van der Waals surface area contributed by atoms with Gasteiger partial charge in [-0.15, -0.1) is 13.2 Å². The molecule has 14 heteroatoms. The van der Waals surface area contributed by atoms with Crippen molar-refractivity contribution in [2.24, 2.45) is 0 Å². The van der Waals surface area contributed by atoms with Crippen LogP contribution in [0.2, 0.25) is 5.02 Å². The van der Waals surface area contributed by atoms with Crippen molar-refractivity contribution in [1.82, 2.24) is 19.7 Å². The van der Waals surface area contributed by atoms with Crippen molar-refractivity contribution in [1.29, 1.82) is 0 Å². The first-order chi connectivity index (χ1) is 16.6. The van der Waals surface area contributed by atoms with Gasteiger partial charge in [0.1, 0.15) is 11.1 Å². The highest BCUT2D eigenvalue weighted by atomic mass is 35.5. The van der Waals surface area contributed by atoms with E-state index in [-0.39, 0.29) is 42.0 Å². The van der Waals surface area contributed by atoms with Crippen molar-refractivity contribution >= 4 is 17.3 Å². The normalized spacial score (nSPS) is 25.2. The second-order valence-corrected chi connectivity index (χ2v) is 8.96. The third kappa shape index (κ3) is 6.72. The van der Waals surface area contributed by atoms with Gasteiger partial charge in [0.2, 0.25) is 0 Å². The van der Waals surface area contributed by atoms with Gasteiger partial charge in [0.15, 0.2) is 11.4 Å². The molecule has 2 aliphatic rings. The van der Waals surface area contributed by atoms with Gasteiger partial charge < -0.3 is 19.5 Å². The van der Waals surface area contributed by atoms with Crippen molar-refractivity contribution in [2.45, 2.75) is 62.7 Å². The molecule has 1 atom stereocenters. The molecule has 1 saturated carbocycles. The molecule has 3 heterocycles. The van der Waals surface area contributed by atoms with Crippen molar-refractivity contribution in [3.05, 3.63) is 34.0 Å². The standard InChI is InChI=1S/C21H24ClF4N5O4/c22-17-16(29-11-20(23)6-1-7-33-12-20)10-30-31(18(17)32)13-2-4-14(5-3-13)34-19-27-8-15(9-28-19)35-21(24,25)26/h8-10,13-14,29H,1-7,11-12H2/t13?,14?,20-/m0/s1. The van der Waals surface area contributed by atoms with Gasteiger partial charge in [0.25, 0.3) is 5.56 Å². The zero-order valence-electron chi connectivity index (χ0n) is 18.6.